The van der Waals surface area contributed by atoms with Gasteiger partial charge in [0.05, 0.1) is 10.9 Å². The fourth-order valence-electron chi connectivity index (χ4n) is 1.23. The van der Waals surface area contributed by atoms with E-state index in [-0.39, 0.29) is 28.2 Å². The largest absolute Gasteiger partial charge is 0.504 e. The van der Waals surface area contributed by atoms with Crippen molar-refractivity contribution in [3.05, 3.63) is 21.7 Å². The zero-order chi connectivity index (χ0) is 12.3. The Bertz CT molecular complexity index is 433. The Balaban J connectivity index is 3.34. The second-order valence-corrected chi connectivity index (χ2v) is 4.16. The van der Waals surface area contributed by atoms with Gasteiger partial charge in [-0.2, -0.15) is 0 Å². The van der Waals surface area contributed by atoms with E-state index < -0.39 is 0 Å². The first kappa shape index (κ1) is 13.4. The third kappa shape index (κ3) is 2.73. The third-order valence-electron chi connectivity index (χ3n) is 2.02. The van der Waals surface area contributed by atoms with Crippen LogP contribution in [0.15, 0.2) is 11.1 Å². The molecule has 0 aromatic heterocycles. The number of phenolic OH excluding ortho intramolecular Hbond substituents is 1. The third-order valence-corrected chi connectivity index (χ3v) is 3.04. The molecule has 1 rings (SSSR count). The van der Waals surface area contributed by atoms with Gasteiger partial charge in [0.2, 0.25) is 0 Å². The van der Waals surface area contributed by atoms with E-state index >= 15 is 0 Å². The summed E-state index contributed by atoms with van der Waals surface area (Å²) in [5, 5.41) is 10.4. The molecule has 0 saturated carbocycles. The van der Waals surface area contributed by atoms with Crippen LogP contribution in [0.4, 0.5) is 5.69 Å². The molecule has 0 atom stereocenters. The minimum Gasteiger partial charge on any atom is -0.504 e. The van der Waals surface area contributed by atoms with E-state index in [4.69, 9.17) is 40.5 Å². The maximum atomic E-state index is 9.78. The molecule has 3 N–H and O–H groups in total. The monoisotopic (exact) mass is 280 g/mol. The molecule has 88 valence electrons. The minimum absolute atomic E-state index is 0.0736. The Labute approximate surface area is 109 Å². The molecule has 0 heterocycles. The fourth-order valence-corrected chi connectivity index (χ4v) is 2.00. The van der Waals surface area contributed by atoms with Gasteiger partial charge in [0, 0.05) is 5.02 Å². The Kier molecular flexibility index (Phi) is 4.71. The molecule has 0 fully saturated rings. The molecule has 0 saturated heterocycles. The molecule has 3 nitrogen and oxygen atoms in total. The van der Waals surface area contributed by atoms with Crippen molar-refractivity contribution in [2.45, 2.75) is 13.3 Å². The number of phenols is 1. The van der Waals surface area contributed by atoms with Crippen LogP contribution in [0.25, 0.3) is 0 Å². The molecular formula is C10H11Cl3N2O. The predicted molar refractivity (Wildman–Crippen MR) is 69.5 cm³/mol. The number of amidine groups is 1. The summed E-state index contributed by atoms with van der Waals surface area (Å²) in [5.41, 5.74) is 6.38. The van der Waals surface area contributed by atoms with Gasteiger partial charge >= 0.3 is 0 Å². The smallest absolute Gasteiger partial charge is 0.160 e. The number of hydrogen-bond acceptors (Lipinski definition) is 2. The SMILES string of the molecule is CCc1c(Cl)cc(N=C(N)CCl)c(O)c1Cl. The number of alkyl halides is 1. The Hall–Kier alpha value is -0.640. The van der Waals surface area contributed by atoms with Crippen molar-refractivity contribution in [1.82, 2.24) is 0 Å². The van der Waals surface area contributed by atoms with Crippen LogP contribution < -0.4 is 5.73 Å². The fraction of sp³-hybridized carbons (Fsp3) is 0.300. The maximum absolute atomic E-state index is 9.78. The lowest BCUT2D eigenvalue weighted by Crippen LogP contribution is -2.12. The second kappa shape index (κ2) is 5.62. The van der Waals surface area contributed by atoms with Gasteiger partial charge in [0.25, 0.3) is 0 Å². The summed E-state index contributed by atoms with van der Waals surface area (Å²) >= 11 is 17.4. The van der Waals surface area contributed by atoms with Crippen LogP contribution in [0.1, 0.15) is 12.5 Å². The number of nitrogens with two attached hydrogens (primary N) is 1. The van der Waals surface area contributed by atoms with Crippen molar-refractivity contribution in [2.75, 3.05) is 5.88 Å². The van der Waals surface area contributed by atoms with Crippen LogP contribution >= 0.6 is 34.8 Å². The highest BCUT2D eigenvalue weighted by molar-refractivity contribution is 6.37. The number of nitrogens with zero attached hydrogens (tertiary/aromatic N) is 1. The molecule has 0 amide bonds. The van der Waals surface area contributed by atoms with Crippen molar-refractivity contribution in [1.29, 1.82) is 0 Å². The molecule has 1 aromatic rings. The molecule has 1 aromatic carbocycles. The van der Waals surface area contributed by atoms with Crippen LogP contribution in [0.2, 0.25) is 10.0 Å². The molecule has 0 aliphatic carbocycles. The zero-order valence-electron chi connectivity index (χ0n) is 8.60. The summed E-state index contributed by atoms with van der Waals surface area (Å²) in [6.07, 6.45) is 0.625. The van der Waals surface area contributed by atoms with Gasteiger partial charge in [-0.25, -0.2) is 4.99 Å². The normalized spacial score (nSPS) is 11.9. The molecule has 6 heteroatoms. The highest BCUT2D eigenvalue weighted by atomic mass is 35.5. The van der Waals surface area contributed by atoms with Gasteiger partial charge in [0.15, 0.2) is 5.75 Å². The van der Waals surface area contributed by atoms with Crippen LogP contribution in [-0.4, -0.2) is 16.8 Å². The number of rotatable bonds is 3. The first-order valence-corrected chi connectivity index (χ1v) is 5.89. The van der Waals surface area contributed by atoms with Crippen LogP contribution in [-0.2, 0) is 6.42 Å². The quantitative estimate of drug-likeness (QED) is 0.506. The second-order valence-electron chi connectivity index (χ2n) is 3.11. The highest BCUT2D eigenvalue weighted by Crippen LogP contribution is 2.41. The van der Waals surface area contributed by atoms with Crippen molar-refractivity contribution in [3.8, 4) is 5.75 Å². The number of halogens is 3. The van der Waals surface area contributed by atoms with E-state index in [0.29, 0.717) is 17.0 Å². The Morgan fingerprint density at radius 1 is 1.50 bits per heavy atom. The molecule has 0 radical (unpaired) electrons. The summed E-state index contributed by atoms with van der Waals surface area (Å²) in [5.74, 6) is 0.133. The molecule has 0 aliphatic heterocycles. The van der Waals surface area contributed by atoms with E-state index in [1.165, 1.54) is 6.07 Å². The van der Waals surface area contributed by atoms with Crippen LogP contribution in [0, 0.1) is 0 Å². The zero-order valence-corrected chi connectivity index (χ0v) is 10.9. The van der Waals surface area contributed by atoms with Gasteiger partial charge in [-0.3, -0.25) is 0 Å². The van der Waals surface area contributed by atoms with E-state index in [1.807, 2.05) is 6.92 Å². The predicted octanol–water partition coefficient (Wildman–Crippen LogP) is 3.49. The number of aliphatic imine (C=N–C) groups is 1. The number of aromatic hydroxyl groups is 1. The van der Waals surface area contributed by atoms with Crippen molar-refractivity contribution >= 4 is 46.3 Å². The lowest BCUT2D eigenvalue weighted by atomic mass is 10.1. The standard InChI is InChI=1S/C10H11Cl3N2O/c1-2-5-6(12)3-7(10(16)9(5)13)15-8(14)4-11/h3,16H,2,4H2,1H3,(H2,14,15). The van der Waals surface area contributed by atoms with Gasteiger partial charge in [-0.1, -0.05) is 30.1 Å². The molecule has 0 spiro atoms. The summed E-state index contributed by atoms with van der Waals surface area (Å²) in [4.78, 5) is 3.92. The first-order valence-electron chi connectivity index (χ1n) is 4.60. The Morgan fingerprint density at radius 3 is 2.62 bits per heavy atom. The van der Waals surface area contributed by atoms with Gasteiger partial charge in [-0.15, -0.1) is 11.6 Å². The van der Waals surface area contributed by atoms with Gasteiger partial charge < -0.3 is 10.8 Å². The maximum Gasteiger partial charge on any atom is 0.160 e. The van der Waals surface area contributed by atoms with E-state index in [9.17, 15) is 5.11 Å². The lowest BCUT2D eigenvalue weighted by molar-refractivity contribution is 0.476. The van der Waals surface area contributed by atoms with Gasteiger partial charge in [-0.05, 0) is 18.1 Å². The molecule has 0 unspecified atom stereocenters. The molecule has 16 heavy (non-hydrogen) atoms. The van der Waals surface area contributed by atoms with E-state index in [0.717, 1.165) is 0 Å². The van der Waals surface area contributed by atoms with Gasteiger partial charge in [0.1, 0.15) is 11.5 Å². The van der Waals surface area contributed by atoms with Crippen molar-refractivity contribution in [2.24, 2.45) is 10.7 Å². The van der Waals surface area contributed by atoms with E-state index in [1.54, 1.807) is 0 Å². The average Bonchev–Trinajstić information content (AvgIpc) is 2.26. The minimum atomic E-state index is -0.129. The van der Waals surface area contributed by atoms with Crippen LogP contribution in [0.3, 0.4) is 0 Å². The van der Waals surface area contributed by atoms with E-state index in [2.05, 4.69) is 4.99 Å². The molecular weight excluding hydrogens is 270 g/mol. The summed E-state index contributed by atoms with van der Waals surface area (Å²) in [6.45, 7) is 1.89. The molecule has 0 aliphatic rings. The average molecular weight is 282 g/mol. The summed E-state index contributed by atoms with van der Waals surface area (Å²) in [6, 6.07) is 1.51. The lowest BCUT2D eigenvalue weighted by Gasteiger charge is -2.09. The van der Waals surface area contributed by atoms with Crippen molar-refractivity contribution in [3.63, 3.8) is 0 Å². The van der Waals surface area contributed by atoms with Crippen LogP contribution in [0.5, 0.6) is 5.75 Å². The topological polar surface area (TPSA) is 58.6 Å². The van der Waals surface area contributed by atoms with Crippen molar-refractivity contribution < 1.29 is 5.11 Å². The summed E-state index contributed by atoms with van der Waals surface area (Å²) < 4.78 is 0. The summed E-state index contributed by atoms with van der Waals surface area (Å²) in [7, 11) is 0. The molecule has 0 bridgehead atoms. The number of hydrogen-bond donors (Lipinski definition) is 2. The Morgan fingerprint density at radius 2 is 2.12 bits per heavy atom. The highest BCUT2D eigenvalue weighted by Gasteiger charge is 2.13. The number of benzene rings is 1. The first-order chi connectivity index (χ1) is 7.51.